The van der Waals surface area contributed by atoms with Crippen LogP contribution in [-0.2, 0) is 6.54 Å². The molecule has 1 aliphatic rings. The van der Waals surface area contributed by atoms with Gasteiger partial charge in [0, 0.05) is 24.8 Å². The molecule has 0 radical (unpaired) electrons. The predicted octanol–water partition coefficient (Wildman–Crippen LogP) is 2.14. The standard InChI is InChI=1S/C20H20N6O2/c1-3-25-12-16-14(9-21)5-4-6-17(16)28-13(2)10-22-20(27)15-11-23-26-8-7-18(25)24-19(15)26/h4-8,11,13H,3,10,12H2,1-2H3,(H,22,27)/t13-/m0/s1. The fraction of sp³-hybridized carbons (Fsp3) is 0.300. The Kier molecular flexibility index (Phi) is 4.57. The second-order valence-electron chi connectivity index (χ2n) is 6.66. The van der Waals surface area contributed by atoms with Gasteiger partial charge < -0.3 is 15.0 Å². The first-order valence-electron chi connectivity index (χ1n) is 9.17. The molecule has 1 aliphatic heterocycles. The zero-order valence-electron chi connectivity index (χ0n) is 15.7. The van der Waals surface area contributed by atoms with Crippen LogP contribution < -0.4 is 15.0 Å². The van der Waals surface area contributed by atoms with Crippen LogP contribution in [-0.4, -0.2) is 39.7 Å². The van der Waals surface area contributed by atoms with Gasteiger partial charge in [-0.15, -0.1) is 0 Å². The number of nitriles is 1. The summed E-state index contributed by atoms with van der Waals surface area (Å²) in [5.41, 5.74) is 2.28. The zero-order chi connectivity index (χ0) is 19.7. The highest BCUT2D eigenvalue weighted by atomic mass is 16.5. The number of hydrogen-bond donors (Lipinski definition) is 1. The van der Waals surface area contributed by atoms with Gasteiger partial charge in [-0.1, -0.05) is 6.07 Å². The first-order valence-corrected chi connectivity index (χ1v) is 9.17. The fourth-order valence-corrected chi connectivity index (χ4v) is 3.28. The van der Waals surface area contributed by atoms with E-state index < -0.39 is 0 Å². The molecule has 2 aromatic heterocycles. The van der Waals surface area contributed by atoms with Gasteiger partial charge in [-0.25, -0.2) is 9.50 Å². The van der Waals surface area contributed by atoms with Crippen molar-refractivity contribution in [3.63, 3.8) is 0 Å². The minimum Gasteiger partial charge on any atom is -0.488 e. The third-order valence-electron chi connectivity index (χ3n) is 4.79. The van der Waals surface area contributed by atoms with Crippen LogP contribution in [0.1, 0.15) is 35.3 Å². The molecule has 3 aromatic rings. The monoisotopic (exact) mass is 376 g/mol. The molecule has 0 unspecified atom stereocenters. The predicted molar refractivity (Wildman–Crippen MR) is 103 cm³/mol. The van der Waals surface area contributed by atoms with Crippen LogP contribution in [0.5, 0.6) is 5.75 Å². The third kappa shape index (κ3) is 3.11. The van der Waals surface area contributed by atoms with Crippen LogP contribution in [0.3, 0.4) is 0 Å². The zero-order valence-corrected chi connectivity index (χ0v) is 15.7. The van der Waals surface area contributed by atoms with E-state index in [1.807, 2.05) is 30.9 Å². The second-order valence-corrected chi connectivity index (χ2v) is 6.66. The van der Waals surface area contributed by atoms with E-state index in [-0.39, 0.29) is 12.0 Å². The molecule has 8 nitrogen and oxygen atoms in total. The van der Waals surface area contributed by atoms with Crippen molar-refractivity contribution in [3.8, 4) is 11.8 Å². The molecular weight excluding hydrogens is 356 g/mol. The fourth-order valence-electron chi connectivity index (χ4n) is 3.28. The maximum absolute atomic E-state index is 12.6. The lowest BCUT2D eigenvalue weighted by Crippen LogP contribution is -2.33. The Morgan fingerprint density at radius 1 is 1.39 bits per heavy atom. The smallest absolute Gasteiger partial charge is 0.256 e. The van der Waals surface area contributed by atoms with Crippen molar-refractivity contribution >= 4 is 17.4 Å². The molecule has 0 saturated heterocycles. The Labute approximate surface area is 162 Å². The van der Waals surface area contributed by atoms with Crippen LogP contribution in [0.25, 0.3) is 5.65 Å². The van der Waals surface area contributed by atoms with Crippen molar-refractivity contribution in [3.05, 3.63) is 53.3 Å². The van der Waals surface area contributed by atoms with E-state index in [1.54, 1.807) is 22.8 Å². The molecule has 0 spiro atoms. The molecule has 8 heteroatoms. The quantitative estimate of drug-likeness (QED) is 0.699. The number of aromatic nitrogens is 3. The van der Waals surface area contributed by atoms with E-state index in [0.717, 1.165) is 5.56 Å². The highest BCUT2D eigenvalue weighted by molar-refractivity contribution is 5.99. The summed E-state index contributed by atoms with van der Waals surface area (Å²) in [5.74, 6) is 1.10. The van der Waals surface area contributed by atoms with E-state index in [4.69, 9.17) is 4.74 Å². The number of benzene rings is 1. The summed E-state index contributed by atoms with van der Waals surface area (Å²) in [6, 6.07) is 9.55. The number of carbonyl (C=O) groups excluding carboxylic acids is 1. The minimum atomic E-state index is -0.269. The van der Waals surface area contributed by atoms with Gasteiger partial charge in [0.2, 0.25) is 0 Å². The maximum atomic E-state index is 12.6. The largest absolute Gasteiger partial charge is 0.488 e. The van der Waals surface area contributed by atoms with E-state index in [0.29, 0.717) is 48.0 Å². The van der Waals surface area contributed by atoms with Crippen molar-refractivity contribution < 1.29 is 9.53 Å². The summed E-state index contributed by atoms with van der Waals surface area (Å²) in [5, 5.41) is 16.7. The molecule has 1 amide bonds. The van der Waals surface area contributed by atoms with Crippen LogP contribution in [0.2, 0.25) is 0 Å². The van der Waals surface area contributed by atoms with Crippen molar-refractivity contribution in [1.29, 1.82) is 5.26 Å². The molecule has 142 valence electrons. The first-order chi connectivity index (χ1) is 13.6. The van der Waals surface area contributed by atoms with Gasteiger partial charge in [-0.2, -0.15) is 10.4 Å². The van der Waals surface area contributed by atoms with Crippen LogP contribution >= 0.6 is 0 Å². The number of carbonyl (C=O) groups is 1. The lowest BCUT2D eigenvalue weighted by Gasteiger charge is -2.25. The lowest BCUT2D eigenvalue weighted by molar-refractivity contribution is 0.0933. The molecule has 4 rings (SSSR count). The van der Waals surface area contributed by atoms with Gasteiger partial charge >= 0.3 is 0 Å². The van der Waals surface area contributed by atoms with Crippen molar-refractivity contribution in [2.24, 2.45) is 0 Å². The first kappa shape index (κ1) is 17.8. The van der Waals surface area contributed by atoms with Gasteiger partial charge in [0.25, 0.3) is 5.91 Å². The van der Waals surface area contributed by atoms with E-state index in [2.05, 4.69) is 21.5 Å². The van der Waals surface area contributed by atoms with Gasteiger partial charge in [0.15, 0.2) is 5.65 Å². The van der Waals surface area contributed by atoms with E-state index in [1.165, 1.54) is 6.20 Å². The highest BCUT2D eigenvalue weighted by Crippen LogP contribution is 2.27. The van der Waals surface area contributed by atoms with Gasteiger partial charge in [-0.3, -0.25) is 4.79 Å². The molecule has 1 aromatic carbocycles. The van der Waals surface area contributed by atoms with E-state index in [9.17, 15) is 10.1 Å². The van der Waals surface area contributed by atoms with Crippen LogP contribution in [0.4, 0.5) is 5.82 Å². The number of hydrogen-bond acceptors (Lipinski definition) is 6. The van der Waals surface area contributed by atoms with E-state index >= 15 is 0 Å². The average Bonchev–Trinajstić information content (AvgIpc) is 3.13. The number of amides is 1. The Balaban J connectivity index is 1.88. The molecule has 2 bridgehead atoms. The van der Waals surface area contributed by atoms with Crippen LogP contribution in [0, 0.1) is 11.3 Å². The van der Waals surface area contributed by atoms with Crippen molar-refractivity contribution in [2.45, 2.75) is 26.5 Å². The Bertz CT molecular complexity index is 1080. The molecule has 0 fully saturated rings. The Hall–Kier alpha value is -3.60. The summed E-state index contributed by atoms with van der Waals surface area (Å²) in [7, 11) is 0. The molecule has 0 saturated carbocycles. The summed E-state index contributed by atoms with van der Waals surface area (Å²) in [4.78, 5) is 19.3. The second kappa shape index (κ2) is 7.19. The van der Waals surface area contributed by atoms with Gasteiger partial charge in [0.05, 0.1) is 24.4 Å². The Morgan fingerprint density at radius 3 is 3.04 bits per heavy atom. The molecule has 1 atom stereocenters. The third-order valence-corrected chi connectivity index (χ3v) is 4.79. The van der Waals surface area contributed by atoms with Gasteiger partial charge in [0.1, 0.15) is 23.2 Å². The molecular formula is C20H20N6O2. The van der Waals surface area contributed by atoms with Crippen LogP contribution in [0.15, 0.2) is 36.7 Å². The molecule has 1 N–H and O–H groups in total. The number of anilines is 1. The average molecular weight is 376 g/mol. The number of nitrogens with one attached hydrogen (secondary N) is 1. The topological polar surface area (TPSA) is 95.6 Å². The van der Waals surface area contributed by atoms with Crippen molar-refractivity contribution in [1.82, 2.24) is 19.9 Å². The summed E-state index contributed by atoms with van der Waals surface area (Å²) < 4.78 is 7.66. The number of nitrogens with zero attached hydrogens (tertiary/aromatic N) is 5. The van der Waals surface area contributed by atoms with Gasteiger partial charge in [-0.05, 0) is 32.0 Å². The summed E-state index contributed by atoms with van der Waals surface area (Å²) >= 11 is 0. The molecule has 0 aliphatic carbocycles. The molecule has 28 heavy (non-hydrogen) atoms. The van der Waals surface area contributed by atoms with Crippen molar-refractivity contribution in [2.75, 3.05) is 18.0 Å². The normalized spacial score (nSPS) is 17.0. The summed E-state index contributed by atoms with van der Waals surface area (Å²) in [6.45, 7) is 5.37. The number of ether oxygens (including phenoxy) is 1. The minimum absolute atomic E-state index is 0.247. The SMILES string of the molecule is CCN1Cc2c(C#N)cccc2O[C@@H](C)CNC(=O)c2cnn3ccc1nc23. The summed E-state index contributed by atoms with van der Waals surface area (Å²) in [6.07, 6.45) is 3.04. The number of fused-ring (bicyclic) bond motifs is 2. The highest BCUT2D eigenvalue weighted by Gasteiger charge is 2.21. The maximum Gasteiger partial charge on any atom is 0.256 e. The Morgan fingerprint density at radius 2 is 2.25 bits per heavy atom. The number of rotatable bonds is 1. The molecule has 3 heterocycles. The lowest BCUT2D eigenvalue weighted by atomic mass is 10.1.